The van der Waals surface area contributed by atoms with Gasteiger partial charge in [0, 0.05) is 6.42 Å². The molecule has 23 heavy (non-hydrogen) atoms. The summed E-state index contributed by atoms with van der Waals surface area (Å²) in [4.78, 5) is 0. The molecule has 2 nitrogen and oxygen atoms in total. The molecule has 0 fully saturated rings. The van der Waals surface area contributed by atoms with Gasteiger partial charge in [0.15, 0.2) is 0 Å². The third-order valence-electron chi connectivity index (χ3n) is 4.82. The average molecular weight is 333 g/mol. The molecule has 3 heteroatoms. The van der Waals surface area contributed by atoms with Gasteiger partial charge in [-0.1, -0.05) is 53.7 Å². The van der Waals surface area contributed by atoms with E-state index in [0.717, 1.165) is 12.0 Å². The second-order valence-corrected chi connectivity index (χ2v) is 12.7. The number of phenolic OH excluding ortho intramolecular Hbond substituents is 1. The van der Waals surface area contributed by atoms with Crippen molar-refractivity contribution in [2.45, 2.75) is 77.1 Å². The molecule has 1 unspecified atom stereocenters. The molecule has 0 saturated heterocycles. The average Bonchev–Trinajstić information content (AvgIpc) is 2.46. The van der Waals surface area contributed by atoms with Gasteiger partial charge in [0.2, 0.25) is 8.32 Å². The fourth-order valence-corrected chi connectivity index (χ4v) is 9.44. The summed E-state index contributed by atoms with van der Waals surface area (Å²) in [5.74, 6) is 3.08. The summed E-state index contributed by atoms with van der Waals surface area (Å²) in [6.45, 7) is 13.7. The monoisotopic (exact) mass is 332 g/mol. The van der Waals surface area contributed by atoms with Crippen LogP contribution in [0.2, 0.25) is 16.6 Å². The van der Waals surface area contributed by atoms with Gasteiger partial charge in [-0.3, -0.25) is 0 Å². The minimum atomic E-state index is -1.94. The van der Waals surface area contributed by atoms with E-state index in [1.807, 2.05) is 12.1 Å². The lowest BCUT2D eigenvalue weighted by Crippen LogP contribution is -2.50. The van der Waals surface area contributed by atoms with Crippen molar-refractivity contribution in [3.05, 3.63) is 29.8 Å². The molecule has 0 saturated carbocycles. The maximum absolute atomic E-state index is 9.44. The summed E-state index contributed by atoms with van der Waals surface area (Å²) in [6.07, 6.45) is 7.07. The van der Waals surface area contributed by atoms with Crippen LogP contribution in [0.15, 0.2) is 24.3 Å². The molecule has 1 aromatic rings. The normalized spacial score (nSPS) is 13.6. The van der Waals surface area contributed by atoms with Crippen LogP contribution in [0.3, 0.4) is 0 Å². The van der Waals surface area contributed by atoms with Crippen molar-refractivity contribution in [1.29, 1.82) is 0 Å². The van der Waals surface area contributed by atoms with Crippen molar-refractivity contribution in [2.75, 3.05) is 0 Å². The molecule has 0 radical (unpaired) electrons. The zero-order chi connectivity index (χ0) is 17.6. The minimum Gasteiger partial charge on any atom is -0.508 e. The first kappa shape index (κ1) is 19.8. The first-order chi connectivity index (χ1) is 10.7. The van der Waals surface area contributed by atoms with E-state index < -0.39 is 8.32 Å². The Morgan fingerprint density at radius 3 is 1.87 bits per heavy atom. The van der Waals surface area contributed by atoms with E-state index >= 15 is 0 Å². The lowest BCUT2D eigenvalue weighted by molar-refractivity contribution is 0.178. The first-order valence-electron chi connectivity index (χ1n) is 8.63. The Bertz CT molecular complexity index is 490. The van der Waals surface area contributed by atoms with Crippen molar-refractivity contribution < 1.29 is 9.53 Å². The summed E-state index contributed by atoms with van der Waals surface area (Å²) < 4.78 is 6.83. The molecule has 128 valence electrons. The van der Waals surface area contributed by atoms with Gasteiger partial charge in [0.25, 0.3) is 0 Å². The zero-order valence-corrected chi connectivity index (χ0v) is 16.5. The number of terminal acetylenes is 1. The van der Waals surface area contributed by atoms with Crippen molar-refractivity contribution >= 4 is 8.32 Å². The predicted octanol–water partition coefficient (Wildman–Crippen LogP) is 5.52. The number of aromatic hydroxyl groups is 1. The van der Waals surface area contributed by atoms with Gasteiger partial charge < -0.3 is 9.53 Å². The summed E-state index contributed by atoms with van der Waals surface area (Å²) in [5.41, 5.74) is 2.79. The van der Waals surface area contributed by atoms with Gasteiger partial charge in [0.05, 0.1) is 6.10 Å². The SMILES string of the molecule is C#CCC(Cc1ccc(O)cc1)O[Si](C(C)C)(C(C)C)C(C)C. The van der Waals surface area contributed by atoms with Gasteiger partial charge in [-0.2, -0.15) is 0 Å². The van der Waals surface area contributed by atoms with E-state index in [1.165, 1.54) is 0 Å². The molecular weight excluding hydrogens is 300 g/mol. The van der Waals surface area contributed by atoms with E-state index in [4.69, 9.17) is 10.8 Å². The standard InChI is InChI=1S/C20H32O2Si/c1-8-9-20(14-18-10-12-19(21)13-11-18)22-23(15(2)3,16(4)5)17(6)7/h1,10-13,15-17,20-21H,9,14H2,2-7H3. The fourth-order valence-electron chi connectivity index (χ4n) is 3.88. The van der Waals surface area contributed by atoms with E-state index in [-0.39, 0.29) is 6.10 Å². The third kappa shape index (κ3) is 4.86. The van der Waals surface area contributed by atoms with Gasteiger partial charge in [-0.25, -0.2) is 0 Å². The molecule has 0 heterocycles. The number of hydrogen-bond donors (Lipinski definition) is 1. The highest BCUT2D eigenvalue weighted by atomic mass is 28.4. The maximum atomic E-state index is 9.44. The third-order valence-corrected chi connectivity index (χ3v) is 11.0. The molecule has 1 rings (SSSR count). The summed E-state index contributed by atoms with van der Waals surface area (Å²) in [6, 6.07) is 7.34. The first-order valence-corrected chi connectivity index (χ1v) is 10.8. The van der Waals surface area contributed by atoms with Gasteiger partial charge >= 0.3 is 0 Å². The number of rotatable bonds is 8. The zero-order valence-electron chi connectivity index (χ0n) is 15.5. The molecule has 0 aliphatic heterocycles. The molecule has 1 N–H and O–H groups in total. The largest absolute Gasteiger partial charge is 0.508 e. The summed E-state index contributed by atoms with van der Waals surface area (Å²) >= 11 is 0. The lowest BCUT2D eigenvalue weighted by Gasteiger charge is -2.44. The second-order valence-electron chi connectivity index (χ2n) is 7.34. The quantitative estimate of drug-likeness (QED) is 0.502. The fraction of sp³-hybridized carbons (Fsp3) is 0.600. The van der Waals surface area contributed by atoms with E-state index in [0.29, 0.717) is 28.8 Å². The molecule has 0 aliphatic carbocycles. The van der Waals surface area contributed by atoms with E-state index in [2.05, 4.69) is 47.5 Å². The van der Waals surface area contributed by atoms with Crippen molar-refractivity contribution in [1.82, 2.24) is 0 Å². The van der Waals surface area contributed by atoms with Crippen LogP contribution in [0.4, 0.5) is 0 Å². The smallest absolute Gasteiger partial charge is 0.200 e. The van der Waals surface area contributed by atoms with Gasteiger partial charge in [0.1, 0.15) is 5.75 Å². The van der Waals surface area contributed by atoms with Crippen LogP contribution < -0.4 is 0 Å². The van der Waals surface area contributed by atoms with Crippen LogP contribution in [0.5, 0.6) is 5.75 Å². The summed E-state index contributed by atoms with van der Waals surface area (Å²) in [7, 11) is -1.94. The Balaban J connectivity index is 3.03. The summed E-state index contributed by atoms with van der Waals surface area (Å²) in [5, 5.41) is 9.44. The highest BCUT2D eigenvalue weighted by molar-refractivity contribution is 6.77. The van der Waals surface area contributed by atoms with Crippen LogP contribution in [0.25, 0.3) is 0 Å². The Kier molecular flexibility index (Phi) is 7.37. The lowest BCUT2D eigenvalue weighted by atomic mass is 10.1. The van der Waals surface area contributed by atoms with Crippen molar-refractivity contribution in [3.63, 3.8) is 0 Å². The molecular formula is C20H32O2Si. The molecule has 0 bridgehead atoms. The Morgan fingerprint density at radius 2 is 1.48 bits per heavy atom. The topological polar surface area (TPSA) is 29.5 Å². The second kappa shape index (κ2) is 8.56. The van der Waals surface area contributed by atoms with Crippen LogP contribution in [-0.2, 0) is 10.8 Å². The Morgan fingerprint density at radius 1 is 1.00 bits per heavy atom. The van der Waals surface area contributed by atoms with Crippen LogP contribution in [0, 0.1) is 12.3 Å². The predicted molar refractivity (Wildman–Crippen MR) is 101 cm³/mol. The Labute approximate surface area is 143 Å². The number of benzene rings is 1. The highest BCUT2D eigenvalue weighted by Crippen LogP contribution is 2.43. The van der Waals surface area contributed by atoms with Crippen LogP contribution in [0.1, 0.15) is 53.5 Å². The van der Waals surface area contributed by atoms with Crippen molar-refractivity contribution in [3.8, 4) is 18.1 Å². The Hall–Kier alpha value is -1.24. The molecule has 0 aliphatic rings. The minimum absolute atomic E-state index is 0.0448. The molecule has 1 atom stereocenters. The highest BCUT2D eigenvalue weighted by Gasteiger charge is 2.46. The maximum Gasteiger partial charge on any atom is 0.200 e. The molecule has 0 amide bonds. The van der Waals surface area contributed by atoms with E-state index in [1.54, 1.807) is 12.1 Å². The van der Waals surface area contributed by atoms with Gasteiger partial charge in [-0.05, 0) is 40.7 Å². The van der Waals surface area contributed by atoms with Crippen LogP contribution in [-0.4, -0.2) is 19.5 Å². The van der Waals surface area contributed by atoms with Gasteiger partial charge in [-0.15, -0.1) is 12.3 Å². The number of hydrogen-bond acceptors (Lipinski definition) is 2. The van der Waals surface area contributed by atoms with Crippen molar-refractivity contribution in [2.24, 2.45) is 0 Å². The molecule has 1 aromatic carbocycles. The molecule has 0 spiro atoms. The molecule has 0 aromatic heterocycles. The van der Waals surface area contributed by atoms with E-state index in [9.17, 15) is 5.11 Å². The number of phenols is 1. The van der Waals surface area contributed by atoms with Crippen LogP contribution >= 0.6 is 0 Å².